The summed E-state index contributed by atoms with van der Waals surface area (Å²) in [5, 5.41) is 28.2. The van der Waals surface area contributed by atoms with Crippen LogP contribution in [0, 0.1) is 0 Å². The Morgan fingerprint density at radius 1 is 0.719 bits per heavy atom. The number of carboxylic acid groups (broad SMARTS) is 2. The number of ether oxygens (including phenoxy) is 1. The van der Waals surface area contributed by atoms with Gasteiger partial charge in [0.2, 0.25) is 11.6 Å². The number of hydrogen-bond acceptors (Lipinski definition) is 10. The Morgan fingerprint density at radius 2 is 1.27 bits per heavy atom. The number of benzene rings is 4. The first kappa shape index (κ1) is 43.4. The molecule has 0 saturated carbocycles. The van der Waals surface area contributed by atoms with Gasteiger partial charge >= 0.3 is 18.1 Å². The largest absolute Gasteiger partial charge is 0.489 e. The Balaban J connectivity index is 0.000000176. The lowest BCUT2D eigenvalue weighted by Crippen LogP contribution is -2.05. The summed E-state index contributed by atoms with van der Waals surface area (Å²) in [5.74, 6) is -0.0173. The summed E-state index contributed by atoms with van der Waals surface area (Å²) < 4.78 is 61.2. The summed E-state index contributed by atoms with van der Waals surface area (Å²) in [6.45, 7) is 4.63. The van der Waals surface area contributed by atoms with Crippen LogP contribution in [0.5, 0.6) is 5.75 Å². The van der Waals surface area contributed by atoms with E-state index in [0.717, 1.165) is 27.4 Å². The predicted octanol–water partition coefficient (Wildman–Crippen LogP) is 11.9. The lowest BCUT2D eigenvalue weighted by Gasteiger charge is -2.11. The van der Waals surface area contributed by atoms with Crippen LogP contribution in [0.3, 0.4) is 0 Å². The van der Waals surface area contributed by atoms with Crippen molar-refractivity contribution in [1.29, 1.82) is 0 Å². The number of aromatic nitrogens is 6. The maximum Gasteiger partial charge on any atom is 0.426 e. The Labute approximate surface area is 370 Å². The van der Waals surface area contributed by atoms with Crippen LogP contribution in [0.25, 0.3) is 77.9 Å². The smallest absolute Gasteiger partial charge is 0.426 e. The summed E-state index contributed by atoms with van der Waals surface area (Å²) in [7, 11) is 0. The Kier molecular flexibility index (Phi) is 12.4. The third-order valence-corrected chi connectivity index (χ3v) is 11.3. The second-order valence-electron chi connectivity index (χ2n) is 14.7. The zero-order chi connectivity index (χ0) is 45.1. The van der Waals surface area contributed by atoms with E-state index in [4.69, 9.17) is 35.6 Å². The molecule has 0 fully saturated rings. The van der Waals surface area contributed by atoms with Gasteiger partial charge in [-0.1, -0.05) is 52.2 Å². The van der Waals surface area contributed by atoms with Crippen LogP contribution in [-0.4, -0.2) is 57.7 Å². The second-order valence-corrected chi connectivity index (χ2v) is 16.2. The number of fused-ring (bicyclic) bond motifs is 2. The van der Waals surface area contributed by atoms with Gasteiger partial charge in [-0.25, -0.2) is 0 Å². The highest BCUT2D eigenvalue weighted by Crippen LogP contribution is 2.45. The number of halogens is 4. The molecule has 0 aliphatic carbocycles. The van der Waals surface area contributed by atoms with Gasteiger partial charge in [0.25, 0.3) is 11.8 Å². The highest BCUT2D eigenvalue weighted by molar-refractivity contribution is 7.16. The lowest BCUT2D eigenvalue weighted by atomic mass is 10.1. The van der Waals surface area contributed by atoms with Gasteiger partial charge in [-0.2, -0.15) is 23.1 Å². The maximum atomic E-state index is 13.7. The van der Waals surface area contributed by atoms with E-state index in [1.54, 1.807) is 54.7 Å². The Morgan fingerprint density at radius 3 is 1.80 bits per heavy atom. The number of thiophene rings is 1. The Hall–Kier alpha value is -7.24. The van der Waals surface area contributed by atoms with E-state index >= 15 is 0 Å². The number of aliphatic carboxylic acids is 2. The van der Waals surface area contributed by atoms with Crippen molar-refractivity contribution in [2.75, 3.05) is 0 Å². The molecule has 0 aliphatic heterocycles. The van der Waals surface area contributed by atoms with E-state index in [1.807, 2.05) is 77.7 Å². The molecule has 64 heavy (non-hydrogen) atoms. The molecular weight excluding hydrogens is 873 g/mol. The van der Waals surface area contributed by atoms with Gasteiger partial charge < -0.3 is 33.1 Å². The molecule has 326 valence electrons. The number of nitrogens with zero attached hydrogens (tertiary/aromatic N) is 6. The van der Waals surface area contributed by atoms with Crippen molar-refractivity contribution < 1.29 is 46.8 Å². The molecule has 5 aromatic heterocycles. The van der Waals surface area contributed by atoms with E-state index in [-0.39, 0.29) is 41.1 Å². The number of aryl methyl sites for hydroxylation is 2. The fraction of sp³-hybridized carbons (Fsp3) is 0.174. The van der Waals surface area contributed by atoms with Crippen LogP contribution < -0.4 is 4.74 Å². The van der Waals surface area contributed by atoms with E-state index in [0.29, 0.717) is 63.6 Å². The van der Waals surface area contributed by atoms with Gasteiger partial charge in [0.1, 0.15) is 10.6 Å². The summed E-state index contributed by atoms with van der Waals surface area (Å²) in [6.07, 6.45) is -0.738. The molecule has 9 rings (SSSR count). The van der Waals surface area contributed by atoms with Crippen LogP contribution in [0.1, 0.15) is 31.6 Å². The molecule has 0 radical (unpaired) electrons. The van der Waals surface area contributed by atoms with Crippen LogP contribution in [0.4, 0.5) is 13.2 Å². The average molecular weight is 909 g/mol. The highest BCUT2D eigenvalue weighted by Gasteiger charge is 2.37. The van der Waals surface area contributed by atoms with Gasteiger partial charge in [0.15, 0.2) is 0 Å². The van der Waals surface area contributed by atoms with Crippen molar-refractivity contribution in [3.05, 3.63) is 125 Å². The van der Waals surface area contributed by atoms with Crippen LogP contribution >= 0.6 is 22.9 Å². The van der Waals surface area contributed by atoms with E-state index in [1.165, 1.54) is 6.07 Å². The topological polar surface area (TPSA) is 172 Å². The number of carboxylic acids is 2. The zero-order valence-corrected chi connectivity index (χ0v) is 35.5. The molecule has 0 unspecified atom stereocenters. The molecule has 18 heteroatoms. The predicted molar refractivity (Wildman–Crippen MR) is 235 cm³/mol. The number of alkyl halides is 3. The molecule has 0 saturated heterocycles. The molecule has 2 N–H and O–H groups in total. The summed E-state index contributed by atoms with van der Waals surface area (Å²) in [4.78, 5) is 30.0. The van der Waals surface area contributed by atoms with Crippen LogP contribution in [0.2, 0.25) is 5.02 Å². The molecular formula is C46H36ClF3N6O7S. The minimum absolute atomic E-state index is 0.00539. The maximum absolute atomic E-state index is 13.7. The van der Waals surface area contributed by atoms with Gasteiger partial charge in [-0.15, -0.1) is 11.3 Å². The number of hydrogen-bond donors (Lipinski definition) is 2. The van der Waals surface area contributed by atoms with Crippen LogP contribution in [-0.2, 0) is 28.9 Å². The summed E-state index contributed by atoms with van der Waals surface area (Å²) in [5.41, 5.74) is 4.47. The molecule has 0 atom stereocenters. The molecule has 0 aliphatic rings. The summed E-state index contributed by atoms with van der Waals surface area (Å²) >= 11 is 6.87. The van der Waals surface area contributed by atoms with Gasteiger partial charge in [-0.3, -0.25) is 9.59 Å². The highest BCUT2D eigenvalue weighted by atomic mass is 35.5. The monoisotopic (exact) mass is 908 g/mol. The first-order valence-electron chi connectivity index (χ1n) is 19.7. The van der Waals surface area contributed by atoms with E-state index < -0.39 is 23.0 Å². The van der Waals surface area contributed by atoms with E-state index in [2.05, 4.69) is 20.3 Å². The lowest BCUT2D eigenvalue weighted by molar-refractivity contribution is -0.138. The fourth-order valence-corrected chi connectivity index (χ4v) is 8.12. The Bertz CT molecular complexity index is 3120. The molecule has 4 aromatic carbocycles. The minimum atomic E-state index is -4.52. The minimum Gasteiger partial charge on any atom is -0.489 e. The fourth-order valence-electron chi connectivity index (χ4n) is 6.92. The number of rotatable bonds is 13. The molecule has 0 spiro atoms. The van der Waals surface area contributed by atoms with Gasteiger partial charge in [0.05, 0.1) is 28.8 Å². The van der Waals surface area contributed by atoms with Crippen molar-refractivity contribution in [2.45, 2.75) is 52.1 Å². The van der Waals surface area contributed by atoms with E-state index in [9.17, 15) is 22.8 Å². The molecule has 9 aromatic rings. The first-order valence-corrected chi connectivity index (χ1v) is 20.9. The van der Waals surface area contributed by atoms with Crippen molar-refractivity contribution in [3.8, 4) is 61.9 Å². The van der Waals surface area contributed by atoms with Crippen molar-refractivity contribution in [1.82, 2.24) is 29.4 Å². The second kappa shape index (κ2) is 18.2. The standard InChI is InChI=1S/C24H16F3N3O3S.C22H20ClN3O4/c25-24(26,27)21-17(14-4-2-1-3-5-14)13-19(34-21)23-28-22(29-33-23)16-6-7-18-15(12-16)8-10-30(18)11-9-20(31)32;1-13(2)29-19-6-4-16(12-17(19)23)22-24-21(25-30-22)15-3-5-18-14(11-15)7-9-26(18)10-8-20(27)28/h1-8,10,12-13H,9,11H2,(H,31,32);3-7,9,11-13H,8,10H2,1-2H3,(H,27,28). The van der Waals surface area contributed by atoms with Crippen LogP contribution in [0.15, 0.2) is 125 Å². The zero-order valence-electron chi connectivity index (χ0n) is 33.9. The first-order chi connectivity index (χ1) is 30.7. The summed E-state index contributed by atoms with van der Waals surface area (Å²) in [6, 6.07) is 30.1. The third-order valence-electron chi connectivity index (χ3n) is 9.87. The van der Waals surface area contributed by atoms with Gasteiger partial charge in [-0.05, 0) is 92.2 Å². The van der Waals surface area contributed by atoms with Gasteiger partial charge in [0, 0.05) is 69.5 Å². The quantitative estimate of drug-likeness (QED) is 0.113. The average Bonchev–Trinajstić information content (AvgIpc) is 4.12. The van der Waals surface area contributed by atoms with Crippen molar-refractivity contribution >= 4 is 56.7 Å². The molecule has 0 bridgehead atoms. The SMILES string of the molecule is CC(C)Oc1ccc(-c2nc(-c3ccc4c(ccn4CCC(=O)O)c3)no2)cc1Cl.O=C(O)CCn1ccc2cc(-c3noc(-c4cc(-c5ccccc5)c(C(F)(F)F)s4)n3)ccc21. The normalized spacial score (nSPS) is 11.6. The third kappa shape index (κ3) is 9.70. The molecule has 0 amide bonds. The molecule has 5 heterocycles. The van der Waals surface area contributed by atoms with Crippen molar-refractivity contribution in [3.63, 3.8) is 0 Å². The van der Waals surface area contributed by atoms with Crippen molar-refractivity contribution in [2.24, 2.45) is 0 Å². The molecule has 13 nitrogen and oxygen atoms in total. The number of carbonyl (C=O) groups is 2.